The molecule has 1 aromatic rings. The molecule has 0 aromatic carbocycles. The molecular formula is C8H5NO2S. The van der Waals surface area contributed by atoms with Crippen LogP contribution in [-0.4, -0.2) is 11.1 Å². The number of carboxylic acids is 1. The Bertz CT molecular complexity index is 346. The van der Waals surface area contributed by atoms with Gasteiger partial charge >= 0.3 is 5.97 Å². The average molecular weight is 179 g/mol. The van der Waals surface area contributed by atoms with Crippen LogP contribution in [-0.2, 0) is 4.79 Å². The lowest BCUT2D eigenvalue weighted by Crippen LogP contribution is -1.89. The number of allylic oxidation sites excluding steroid dienone is 1. The molecule has 1 rings (SSSR count). The summed E-state index contributed by atoms with van der Waals surface area (Å²) >= 11 is 1.43. The zero-order chi connectivity index (χ0) is 8.97. The lowest BCUT2D eigenvalue weighted by atomic mass is 10.1. The Morgan fingerprint density at radius 1 is 1.75 bits per heavy atom. The molecule has 0 spiro atoms. The first-order valence-corrected chi connectivity index (χ1v) is 4.05. The highest BCUT2D eigenvalue weighted by molar-refractivity contribution is 7.08. The van der Waals surface area contributed by atoms with Crippen molar-refractivity contribution in [2.24, 2.45) is 0 Å². The number of hydrogen-bond acceptors (Lipinski definition) is 3. The second kappa shape index (κ2) is 3.69. The molecular weight excluding hydrogens is 174 g/mol. The third-order valence-corrected chi connectivity index (χ3v) is 1.90. The summed E-state index contributed by atoms with van der Waals surface area (Å²) < 4.78 is 0. The molecule has 0 saturated heterocycles. The molecule has 0 aliphatic rings. The number of aliphatic carboxylic acids is 1. The quantitative estimate of drug-likeness (QED) is 0.555. The van der Waals surface area contributed by atoms with Crippen LogP contribution in [0.2, 0.25) is 0 Å². The van der Waals surface area contributed by atoms with E-state index in [1.807, 2.05) is 6.07 Å². The Hall–Kier alpha value is -1.60. The van der Waals surface area contributed by atoms with E-state index in [2.05, 4.69) is 0 Å². The Labute approximate surface area is 73.2 Å². The fourth-order valence-corrected chi connectivity index (χ4v) is 1.38. The number of hydrogen-bond donors (Lipinski definition) is 1. The number of nitrogens with zero attached hydrogens (tertiary/aromatic N) is 1. The molecule has 60 valence electrons. The van der Waals surface area contributed by atoms with Gasteiger partial charge in [0, 0.05) is 11.6 Å². The van der Waals surface area contributed by atoms with E-state index in [-0.39, 0.29) is 5.57 Å². The van der Waals surface area contributed by atoms with Gasteiger partial charge in [0.2, 0.25) is 0 Å². The largest absolute Gasteiger partial charge is 0.478 e. The summed E-state index contributed by atoms with van der Waals surface area (Å²) in [6.45, 7) is 0. The van der Waals surface area contributed by atoms with Gasteiger partial charge in [0.25, 0.3) is 0 Å². The first-order chi connectivity index (χ1) is 5.74. The van der Waals surface area contributed by atoms with Gasteiger partial charge in [-0.15, -0.1) is 0 Å². The number of thiophene rings is 1. The summed E-state index contributed by atoms with van der Waals surface area (Å²) in [5, 5.41) is 20.5. The third-order valence-electron chi connectivity index (χ3n) is 1.22. The number of rotatable bonds is 2. The fraction of sp³-hybridized carbons (Fsp3) is 0. The third kappa shape index (κ3) is 1.94. The van der Waals surface area contributed by atoms with Gasteiger partial charge in [0.15, 0.2) is 0 Å². The van der Waals surface area contributed by atoms with E-state index in [9.17, 15) is 4.79 Å². The summed E-state index contributed by atoms with van der Waals surface area (Å²) in [5.74, 6) is -1.10. The smallest absolute Gasteiger partial charge is 0.329 e. The van der Waals surface area contributed by atoms with E-state index in [1.165, 1.54) is 11.3 Å². The molecule has 0 unspecified atom stereocenters. The van der Waals surface area contributed by atoms with Crippen LogP contribution >= 0.6 is 11.3 Å². The maximum absolute atomic E-state index is 10.2. The highest BCUT2D eigenvalue weighted by Crippen LogP contribution is 2.16. The molecule has 4 heteroatoms. The normalized spacial score (nSPS) is 10.8. The van der Waals surface area contributed by atoms with Crippen molar-refractivity contribution in [3.63, 3.8) is 0 Å². The maximum Gasteiger partial charge on any atom is 0.329 e. The van der Waals surface area contributed by atoms with Gasteiger partial charge in [-0.05, 0) is 16.8 Å². The van der Waals surface area contributed by atoms with Gasteiger partial charge < -0.3 is 5.11 Å². The first-order valence-electron chi connectivity index (χ1n) is 3.11. The lowest BCUT2D eigenvalue weighted by molar-refractivity contribution is -0.131. The highest BCUT2D eigenvalue weighted by Gasteiger charge is 2.02. The predicted octanol–water partition coefficient (Wildman–Crippen LogP) is 1.74. The minimum atomic E-state index is -1.10. The molecule has 0 radical (unpaired) electrons. The molecule has 1 heterocycles. The van der Waals surface area contributed by atoms with Crippen molar-refractivity contribution in [2.45, 2.75) is 0 Å². The van der Waals surface area contributed by atoms with E-state index < -0.39 is 5.97 Å². The van der Waals surface area contributed by atoms with E-state index >= 15 is 0 Å². The minimum absolute atomic E-state index is 0.184. The first kappa shape index (κ1) is 8.50. The van der Waals surface area contributed by atoms with Crippen LogP contribution in [0, 0.1) is 11.3 Å². The minimum Gasteiger partial charge on any atom is -0.478 e. The van der Waals surface area contributed by atoms with Crippen LogP contribution in [0.4, 0.5) is 0 Å². The summed E-state index contributed by atoms with van der Waals surface area (Å²) in [6, 6.07) is 3.53. The molecule has 0 aliphatic heterocycles. The molecule has 0 fully saturated rings. The SMILES string of the molecule is N#C/C(=C/C(=O)O)c1ccsc1. The maximum atomic E-state index is 10.2. The van der Waals surface area contributed by atoms with Crippen LogP contribution in [0.3, 0.4) is 0 Å². The van der Waals surface area contributed by atoms with Crippen LogP contribution in [0.15, 0.2) is 22.9 Å². The van der Waals surface area contributed by atoms with Crippen molar-refractivity contribution in [1.82, 2.24) is 0 Å². The highest BCUT2D eigenvalue weighted by atomic mass is 32.1. The molecule has 0 bridgehead atoms. The zero-order valence-corrected chi connectivity index (χ0v) is 6.84. The summed E-state index contributed by atoms with van der Waals surface area (Å²) in [6.07, 6.45) is 0.905. The van der Waals surface area contributed by atoms with E-state index in [0.29, 0.717) is 5.56 Å². The standard InChI is InChI=1S/C8H5NO2S/c9-4-7(3-8(10)11)6-1-2-12-5-6/h1-3,5H,(H,10,11)/b7-3-. The topological polar surface area (TPSA) is 61.1 Å². The molecule has 3 nitrogen and oxygen atoms in total. The molecule has 1 aromatic heterocycles. The molecule has 0 aliphatic carbocycles. The fourth-order valence-electron chi connectivity index (χ4n) is 0.721. The van der Waals surface area contributed by atoms with Crippen molar-refractivity contribution in [2.75, 3.05) is 0 Å². The van der Waals surface area contributed by atoms with Crippen LogP contribution in [0.25, 0.3) is 5.57 Å². The Balaban J connectivity index is 3.01. The molecule has 0 atom stereocenters. The second-order valence-corrected chi connectivity index (χ2v) is 2.80. The summed E-state index contributed by atoms with van der Waals surface area (Å²) in [5.41, 5.74) is 0.841. The van der Waals surface area contributed by atoms with E-state index in [0.717, 1.165) is 6.08 Å². The molecule has 0 saturated carbocycles. The van der Waals surface area contributed by atoms with Crippen molar-refractivity contribution < 1.29 is 9.90 Å². The van der Waals surface area contributed by atoms with Crippen molar-refractivity contribution in [1.29, 1.82) is 5.26 Å². The van der Waals surface area contributed by atoms with E-state index in [4.69, 9.17) is 10.4 Å². The Morgan fingerprint density at radius 2 is 2.50 bits per heavy atom. The number of carboxylic acid groups (broad SMARTS) is 1. The van der Waals surface area contributed by atoms with Gasteiger partial charge in [0.05, 0.1) is 5.57 Å². The summed E-state index contributed by atoms with van der Waals surface area (Å²) in [7, 11) is 0. The zero-order valence-electron chi connectivity index (χ0n) is 6.02. The van der Waals surface area contributed by atoms with Crippen LogP contribution in [0.5, 0.6) is 0 Å². The van der Waals surface area contributed by atoms with Gasteiger partial charge in [-0.3, -0.25) is 0 Å². The van der Waals surface area contributed by atoms with Gasteiger partial charge in [0.1, 0.15) is 6.07 Å². The second-order valence-electron chi connectivity index (χ2n) is 2.02. The Morgan fingerprint density at radius 3 is 2.92 bits per heavy atom. The molecule has 1 N–H and O–H groups in total. The molecule has 12 heavy (non-hydrogen) atoms. The van der Waals surface area contributed by atoms with Crippen LogP contribution in [0.1, 0.15) is 5.56 Å². The van der Waals surface area contributed by atoms with Gasteiger partial charge in [-0.1, -0.05) is 0 Å². The molecule has 0 amide bonds. The summed E-state index contributed by atoms with van der Waals surface area (Å²) in [4.78, 5) is 10.2. The number of carbonyl (C=O) groups is 1. The predicted molar refractivity (Wildman–Crippen MR) is 45.5 cm³/mol. The number of nitriles is 1. The van der Waals surface area contributed by atoms with Crippen LogP contribution < -0.4 is 0 Å². The van der Waals surface area contributed by atoms with E-state index in [1.54, 1.807) is 16.8 Å². The van der Waals surface area contributed by atoms with Crippen molar-refractivity contribution in [3.05, 3.63) is 28.5 Å². The van der Waals surface area contributed by atoms with Gasteiger partial charge in [-0.2, -0.15) is 16.6 Å². The van der Waals surface area contributed by atoms with Crippen molar-refractivity contribution in [3.8, 4) is 6.07 Å². The Kier molecular flexibility index (Phi) is 2.62. The van der Waals surface area contributed by atoms with Gasteiger partial charge in [-0.25, -0.2) is 4.79 Å². The monoisotopic (exact) mass is 179 g/mol. The lowest BCUT2D eigenvalue weighted by Gasteiger charge is -1.89. The average Bonchev–Trinajstić information content (AvgIpc) is 2.51. The van der Waals surface area contributed by atoms with Crippen molar-refractivity contribution >= 4 is 22.9 Å².